The van der Waals surface area contributed by atoms with E-state index < -0.39 is 5.82 Å². The van der Waals surface area contributed by atoms with Crippen LogP contribution in [0.1, 0.15) is 12.5 Å². The van der Waals surface area contributed by atoms with Gasteiger partial charge < -0.3 is 15.5 Å². The Kier molecular flexibility index (Phi) is 4.15. The van der Waals surface area contributed by atoms with Crippen LogP contribution in [0.25, 0.3) is 0 Å². The van der Waals surface area contributed by atoms with E-state index in [0.717, 1.165) is 25.1 Å². The zero-order valence-electron chi connectivity index (χ0n) is 10.5. The van der Waals surface area contributed by atoms with Crippen molar-refractivity contribution in [1.29, 1.82) is 0 Å². The van der Waals surface area contributed by atoms with E-state index in [9.17, 15) is 9.18 Å². The van der Waals surface area contributed by atoms with Crippen molar-refractivity contribution >= 4 is 11.7 Å². The lowest BCUT2D eigenvalue weighted by atomic mass is 10.1. The highest BCUT2D eigenvalue weighted by Crippen LogP contribution is 2.17. The van der Waals surface area contributed by atoms with E-state index in [2.05, 4.69) is 10.6 Å². The van der Waals surface area contributed by atoms with E-state index in [1.165, 1.54) is 6.07 Å². The molecule has 5 heteroatoms. The summed E-state index contributed by atoms with van der Waals surface area (Å²) < 4.78 is 13.6. The van der Waals surface area contributed by atoms with E-state index in [1.807, 2.05) is 6.92 Å². The van der Waals surface area contributed by atoms with Crippen LogP contribution in [0.5, 0.6) is 0 Å². The minimum Gasteiger partial charge on any atom is -0.322 e. The molecule has 0 atom stereocenters. The van der Waals surface area contributed by atoms with Crippen LogP contribution in [0.3, 0.4) is 0 Å². The van der Waals surface area contributed by atoms with Crippen LogP contribution < -0.4 is 10.6 Å². The van der Waals surface area contributed by atoms with E-state index in [0.29, 0.717) is 13.1 Å². The highest BCUT2D eigenvalue weighted by atomic mass is 19.1. The van der Waals surface area contributed by atoms with Gasteiger partial charge in [0.25, 0.3) is 0 Å². The standard InChI is InChI=1S/C13H18FN3O/c1-2-10-3-4-11(14)12(9-10)16-13(18)17-7-5-15-6-8-17/h3-4,9,15H,2,5-8H2,1H3,(H,16,18). The van der Waals surface area contributed by atoms with Crippen LogP contribution in [0.2, 0.25) is 0 Å². The minimum atomic E-state index is -0.393. The topological polar surface area (TPSA) is 44.4 Å². The summed E-state index contributed by atoms with van der Waals surface area (Å²) in [5.41, 5.74) is 1.27. The molecule has 0 aliphatic carbocycles. The summed E-state index contributed by atoms with van der Waals surface area (Å²) in [5, 5.41) is 5.81. The molecular formula is C13H18FN3O. The number of piperazine rings is 1. The Morgan fingerprint density at radius 1 is 1.44 bits per heavy atom. The molecule has 18 heavy (non-hydrogen) atoms. The lowest BCUT2D eigenvalue weighted by Gasteiger charge is -2.27. The van der Waals surface area contributed by atoms with E-state index in [1.54, 1.807) is 17.0 Å². The normalized spacial score (nSPS) is 15.6. The fourth-order valence-corrected chi connectivity index (χ4v) is 1.95. The third-order valence-corrected chi connectivity index (χ3v) is 3.08. The van der Waals surface area contributed by atoms with Gasteiger partial charge in [0.1, 0.15) is 5.82 Å². The molecule has 1 aliphatic heterocycles. The van der Waals surface area contributed by atoms with E-state index >= 15 is 0 Å². The maximum absolute atomic E-state index is 13.6. The molecule has 0 spiro atoms. The summed E-state index contributed by atoms with van der Waals surface area (Å²) in [5.74, 6) is -0.393. The van der Waals surface area contributed by atoms with Crippen molar-refractivity contribution in [3.8, 4) is 0 Å². The molecule has 2 amide bonds. The molecule has 1 saturated heterocycles. The summed E-state index contributed by atoms with van der Waals surface area (Å²) >= 11 is 0. The van der Waals surface area contributed by atoms with Gasteiger partial charge in [-0.05, 0) is 24.1 Å². The van der Waals surface area contributed by atoms with Gasteiger partial charge in [0.2, 0.25) is 0 Å². The number of urea groups is 1. The summed E-state index contributed by atoms with van der Waals surface area (Å²) in [6.45, 7) is 4.87. The maximum atomic E-state index is 13.6. The van der Waals surface area contributed by atoms with Crippen molar-refractivity contribution in [3.05, 3.63) is 29.6 Å². The molecule has 0 unspecified atom stereocenters. The Balaban J connectivity index is 2.05. The zero-order valence-corrected chi connectivity index (χ0v) is 10.5. The second-order valence-electron chi connectivity index (χ2n) is 4.33. The first-order valence-electron chi connectivity index (χ1n) is 6.25. The second kappa shape index (κ2) is 5.82. The van der Waals surface area contributed by atoms with Crippen LogP contribution in [0.4, 0.5) is 14.9 Å². The predicted molar refractivity (Wildman–Crippen MR) is 69.2 cm³/mol. The molecular weight excluding hydrogens is 233 g/mol. The van der Waals surface area contributed by atoms with Gasteiger partial charge in [0, 0.05) is 26.2 Å². The molecule has 1 aromatic rings. The first kappa shape index (κ1) is 12.8. The molecule has 2 rings (SSSR count). The summed E-state index contributed by atoms with van der Waals surface area (Å²) in [6, 6.07) is 4.58. The maximum Gasteiger partial charge on any atom is 0.322 e. The van der Waals surface area contributed by atoms with Crippen molar-refractivity contribution in [3.63, 3.8) is 0 Å². The number of nitrogens with one attached hydrogen (secondary N) is 2. The lowest BCUT2D eigenvalue weighted by molar-refractivity contribution is 0.203. The highest BCUT2D eigenvalue weighted by molar-refractivity contribution is 5.89. The van der Waals surface area contributed by atoms with Crippen molar-refractivity contribution in [2.24, 2.45) is 0 Å². The number of aryl methyl sites for hydroxylation is 1. The third-order valence-electron chi connectivity index (χ3n) is 3.08. The number of rotatable bonds is 2. The van der Waals surface area contributed by atoms with Gasteiger partial charge in [-0.1, -0.05) is 13.0 Å². The van der Waals surface area contributed by atoms with Crippen LogP contribution in [0.15, 0.2) is 18.2 Å². The van der Waals surface area contributed by atoms with Crippen molar-refractivity contribution in [2.75, 3.05) is 31.5 Å². The molecule has 2 N–H and O–H groups in total. The van der Waals surface area contributed by atoms with Crippen LogP contribution in [-0.4, -0.2) is 37.1 Å². The van der Waals surface area contributed by atoms with Gasteiger partial charge in [-0.15, -0.1) is 0 Å². The Morgan fingerprint density at radius 2 is 2.17 bits per heavy atom. The molecule has 4 nitrogen and oxygen atoms in total. The largest absolute Gasteiger partial charge is 0.322 e. The molecule has 1 aromatic carbocycles. The highest BCUT2D eigenvalue weighted by Gasteiger charge is 2.17. The summed E-state index contributed by atoms with van der Waals surface area (Å²) in [4.78, 5) is 13.6. The zero-order chi connectivity index (χ0) is 13.0. The number of carbonyl (C=O) groups excluding carboxylic acids is 1. The molecule has 1 heterocycles. The van der Waals surface area contributed by atoms with Crippen molar-refractivity contribution in [2.45, 2.75) is 13.3 Å². The monoisotopic (exact) mass is 251 g/mol. The third kappa shape index (κ3) is 2.98. The van der Waals surface area contributed by atoms with E-state index in [4.69, 9.17) is 0 Å². The fraction of sp³-hybridized carbons (Fsp3) is 0.462. The van der Waals surface area contributed by atoms with Crippen molar-refractivity contribution in [1.82, 2.24) is 10.2 Å². The Morgan fingerprint density at radius 3 is 2.83 bits per heavy atom. The van der Waals surface area contributed by atoms with Gasteiger partial charge in [-0.3, -0.25) is 0 Å². The van der Waals surface area contributed by atoms with Gasteiger partial charge >= 0.3 is 6.03 Å². The number of benzene rings is 1. The van der Waals surface area contributed by atoms with Gasteiger partial charge in [0.05, 0.1) is 5.69 Å². The number of carbonyl (C=O) groups is 1. The minimum absolute atomic E-state index is 0.233. The van der Waals surface area contributed by atoms with Gasteiger partial charge in [-0.25, -0.2) is 9.18 Å². The first-order chi connectivity index (χ1) is 8.70. The summed E-state index contributed by atoms with van der Waals surface area (Å²) in [6.07, 6.45) is 0.816. The second-order valence-corrected chi connectivity index (χ2v) is 4.33. The first-order valence-corrected chi connectivity index (χ1v) is 6.25. The number of amides is 2. The van der Waals surface area contributed by atoms with E-state index in [-0.39, 0.29) is 11.7 Å². The fourth-order valence-electron chi connectivity index (χ4n) is 1.95. The smallest absolute Gasteiger partial charge is 0.322 e. The Labute approximate surface area is 106 Å². The lowest BCUT2D eigenvalue weighted by Crippen LogP contribution is -2.48. The van der Waals surface area contributed by atoms with Crippen LogP contribution in [-0.2, 0) is 6.42 Å². The van der Waals surface area contributed by atoms with Crippen LogP contribution >= 0.6 is 0 Å². The Hall–Kier alpha value is -1.62. The quantitative estimate of drug-likeness (QED) is 0.842. The number of halogens is 1. The number of hydrogen-bond donors (Lipinski definition) is 2. The molecule has 98 valence electrons. The SMILES string of the molecule is CCc1ccc(F)c(NC(=O)N2CCNCC2)c1. The average Bonchev–Trinajstić information content (AvgIpc) is 2.42. The molecule has 0 bridgehead atoms. The van der Waals surface area contributed by atoms with Gasteiger partial charge in [-0.2, -0.15) is 0 Å². The molecule has 1 fully saturated rings. The molecule has 0 aromatic heterocycles. The van der Waals surface area contributed by atoms with Gasteiger partial charge in [0.15, 0.2) is 0 Å². The predicted octanol–water partition coefficient (Wildman–Crippen LogP) is 1.83. The number of hydrogen-bond acceptors (Lipinski definition) is 2. The van der Waals surface area contributed by atoms with Crippen molar-refractivity contribution < 1.29 is 9.18 Å². The molecule has 0 saturated carbocycles. The number of nitrogens with zero attached hydrogens (tertiary/aromatic N) is 1. The Bertz CT molecular complexity index is 430. The number of anilines is 1. The van der Waals surface area contributed by atoms with Crippen LogP contribution in [0, 0.1) is 5.82 Å². The molecule has 0 radical (unpaired) electrons. The average molecular weight is 251 g/mol. The molecule has 1 aliphatic rings. The summed E-state index contributed by atoms with van der Waals surface area (Å²) in [7, 11) is 0.